The highest BCUT2D eigenvalue weighted by Crippen LogP contribution is 2.29. The predicted molar refractivity (Wildman–Crippen MR) is 65.2 cm³/mol. The smallest absolute Gasteiger partial charge is 0.0682 e. The average molecular weight is 215 g/mol. The number of aliphatic hydroxyl groups excluding tert-OH is 1. The molecule has 1 aromatic carbocycles. The van der Waals surface area contributed by atoms with E-state index in [1.54, 1.807) is 0 Å². The number of fused-ring (bicyclic) bond motifs is 1. The third kappa shape index (κ3) is 1.63. The predicted octanol–water partition coefficient (Wildman–Crippen LogP) is 2.93. The summed E-state index contributed by atoms with van der Waals surface area (Å²) < 4.78 is 2.35. The number of hydrogen-bond donors (Lipinski definition) is 1. The molecule has 1 aliphatic carbocycles. The lowest BCUT2D eigenvalue weighted by Gasteiger charge is -2.26. The van der Waals surface area contributed by atoms with Gasteiger partial charge in [-0.3, -0.25) is 0 Å². The van der Waals surface area contributed by atoms with Gasteiger partial charge in [0.05, 0.1) is 6.61 Å². The van der Waals surface area contributed by atoms with Crippen molar-refractivity contribution >= 4 is 10.9 Å². The maximum absolute atomic E-state index is 9.09. The fourth-order valence-electron chi connectivity index (χ4n) is 2.46. The third-order valence-electron chi connectivity index (χ3n) is 3.70. The van der Waals surface area contributed by atoms with E-state index in [1.807, 2.05) is 6.07 Å². The van der Waals surface area contributed by atoms with Crippen LogP contribution in [0.1, 0.15) is 24.8 Å². The Labute approximate surface area is 95.5 Å². The first-order valence-corrected chi connectivity index (χ1v) is 6.05. The van der Waals surface area contributed by atoms with E-state index in [2.05, 4.69) is 29.0 Å². The lowest BCUT2D eigenvalue weighted by Crippen LogP contribution is -2.17. The molecule has 0 unspecified atom stereocenters. The molecule has 0 aliphatic heterocycles. The molecule has 84 valence electrons. The van der Waals surface area contributed by atoms with Crippen LogP contribution in [-0.4, -0.2) is 9.67 Å². The van der Waals surface area contributed by atoms with E-state index in [9.17, 15) is 0 Å². The molecule has 2 aromatic rings. The summed E-state index contributed by atoms with van der Waals surface area (Å²) in [6.45, 7) is 1.28. The lowest BCUT2D eigenvalue weighted by molar-refractivity contribution is 0.279. The van der Waals surface area contributed by atoms with Gasteiger partial charge in [0, 0.05) is 18.3 Å². The molecule has 0 spiro atoms. The van der Waals surface area contributed by atoms with Crippen LogP contribution in [0.3, 0.4) is 0 Å². The molecule has 1 aliphatic rings. The van der Waals surface area contributed by atoms with Crippen LogP contribution in [0.5, 0.6) is 0 Å². The summed E-state index contributed by atoms with van der Waals surface area (Å²) in [6, 6.07) is 8.36. The number of rotatable bonds is 3. The first-order valence-electron chi connectivity index (χ1n) is 6.05. The zero-order chi connectivity index (χ0) is 11.0. The fraction of sp³-hybridized carbons (Fsp3) is 0.429. The Balaban J connectivity index is 1.93. The summed E-state index contributed by atoms with van der Waals surface area (Å²) in [5, 5.41) is 10.3. The minimum atomic E-state index is 0.129. The van der Waals surface area contributed by atoms with Crippen molar-refractivity contribution in [3.63, 3.8) is 0 Å². The summed E-state index contributed by atoms with van der Waals surface area (Å²) in [7, 11) is 0. The van der Waals surface area contributed by atoms with Gasteiger partial charge in [0.2, 0.25) is 0 Å². The van der Waals surface area contributed by atoms with E-state index < -0.39 is 0 Å². The van der Waals surface area contributed by atoms with Gasteiger partial charge in [0.15, 0.2) is 0 Å². The zero-order valence-electron chi connectivity index (χ0n) is 9.39. The van der Waals surface area contributed by atoms with Gasteiger partial charge in [-0.05, 0) is 47.9 Å². The minimum Gasteiger partial charge on any atom is -0.392 e. The van der Waals surface area contributed by atoms with Gasteiger partial charge in [0.25, 0.3) is 0 Å². The van der Waals surface area contributed by atoms with E-state index in [4.69, 9.17) is 5.11 Å². The minimum absolute atomic E-state index is 0.129. The van der Waals surface area contributed by atoms with Crippen molar-refractivity contribution in [1.29, 1.82) is 0 Å². The van der Waals surface area contributed by atoms with Crippen molar-refractivity contribution in [2.24, 2.45) is 5.92 Å². The Bertz CT molecular complexity index is 496. The Morgan fingerprint density at radius 3 is 2.81 bits per heavy atom. The molecule has 1 fully saturated rings. The lowest BCUT2D eigenvalue weighted by atomic mass is 9.85. The van der Waals surface area contributed by atoms with E-state index in [1.165, 1.54) is 30.2 Å². The number of aliphatic hydroxyl groups is 1. The Hall–Kier alpha value is -1.28. The fourth-order valence-corrected chi connectivity index (χ4v) is 2.46. The second kappa shape index (κ2) is 3.95. The van der Waals surface area contributed by atoms with E-state index >= 15 is 0 Å². The van der Waals surface area contributed by atoms with Crippen molar-refractivity contribution in [3.05, 3.63) is 36.0 Å². The monoisotopic (exact) mass is 215 g/mol. The van der Waals surface area contributed by atoms with Crippen LogP contribution >= 0.6 is 0 Å². The van der Waals surface area contributed by atoms with E-state index in [0.717, 1.165) is 18.0 Å². The molecule has 1 N–H and O–H groups in total. The van der Waals surface area contributed by atoms with Crippen molar-refractivity contribution in [2.75, 3.05) is 0 Å². The quantitative estimate of drug-likeness (QED) is 0.836. The molecule has 0 amide bonds. The summed E-state index contributed by atoms with van der Waals surface area (Å²) in [4.78, 5) is 0. The highest BCUT2D eigenvalue weighted by atomic mass is 16.3. The molecule has 3 rings (SSSR count). The Kier molecular flexibility index (Phi) is 2.44. The summed E-state index contributed by atoms with van der Waals surface area (Å²) in [6.07, 6.45) is 6.34. The highest BCUT2D eigenvalue weighted by Gasteiger charge is 2.18. The summed E-state index contributed by atoms with van der Waals surface area (Å²) in [5.41, 5.74) is 2.29. The SMILES string of the molecule is OCc1ccc2c(ccn2CC2CCC2)c1. The molecule has 2 nitrogen and oxygen atoms in total. The molecule has 0 atom stereocenters. The standard InChI is InChI=1S/C14H17NO/c16-10-12-4-5-14-13(8-12)6-7-15(14)9-11-2-1-3-11/h4-8,11,16H,1-3,9-10H2. The maximum atomic E-state index is 9.09. The van der Waals surface area contributed by atoms with E-state index in [-0.39, 0.29) is 6.61 Å². The summed E-state index contributed by atoms with van der Waals surface area (Å²) >= 11 is 0. The number of benzene rings is 1. The van der Waals surface area contributed by atoms with Crippen molar-refractivity contribution in [2.45, 2.75) is 32.4 Å². The molecule has 2 heteroatoms. The number of nitrogens with zero attached hydrogens (tertiary/aromatic N) is 1. The third-order valence-corrected chi connectivity index (χ3v) is 3.70. The first kappa shape index (κ1) is 9.91. The Morgan fingerprint density at radius 1 is 1.25 bits per heavy atom. The second-order valence-corrected chi connectivity index (χ2v) is 4.82. The number of hydrogen-bond acceptors (Lipinski definition) is 1. The molecule has 0 saturated heterocycles. The van der Waals surface area contributed by atoms with Crippen LogP contribution in [0.4, 0.5) is 0 Å². The van der Waals surface area contributed by atoms with Crippen LogP contribution in [0.25, 0.3) is 10.9 Å². The molecule has 0 radical (unpaired) electrons. The summed E-state index contributed by atoms with van der Waals surface area (Å²) in [5.74, 6) is 0.883. The van der Waals surface area contributed by atoms with Gasteiger partial charge in [-0.15, -0.1) is 0 Å². The zero-order valence-corrected chi connectivity index (χ0v) is 9.39. The van der Waals surface area contributed by atoms with Gasteiger partial charge in [-0.2, -0.15) is 0 Å². The van der Waals surface area contributed by atoms with Crippen LogP contribution < -0.4 is 0 Å². The molecule has 1 aromatic heterocycles. The Morgan fingerprint density at radius 2 is 2.12 bits per heavy atom. The van der Waals surface area contributed by atoms with Crippen LogP contribution in [0.15, 0.2) is 30.5 Å². The first-order chi connectivity index (χ1) is 7.86. The van der Waals surface area contributed by atoms with Gasteiger partial charge in [-0.1, -0.05) is 12.5 Å². The van der Waals surface area contributed by atoms with Gasteiger partial charge in [0.1, 0.15) is 0 Å². The van der Waals surface area contributed by atoms with Crippen molar-refractivity contribution in [3.8, 4) is 0 Å². The topological polar surface area (TPSA) is 25.2 Å². The molecule has 1 saturated carbocycles. The van der Waals surface area contributed by atoms with E-state index in [0.29, 0.717) is 0 Å². The largest absolute Gasteiger partial charge is 0.392 e. The van der Waals surface area contributed by atoms with Crippen LogP contribution in [0.2, 0.25) is 0 Å². The average Bonchev–Trinajstić information content (AvgIpc) is 2.65. The van der Waals surface area contributed by atoms with Gasteiger partial charge < -0.3 is 9.67 Å². The van der Waals surface area contributed by atoms with Gasteiger partial charge in [-0.25, -0.2) is 0 Å². The maximum Gasteiger partial charge on any atom is 0.0682 e. The molecule has 16 heavy (non-hydrogen) atoms. The number of aromatic nitrogens is 1. The molecule has 0 bridgehead atoms. The van der Waals surface area contributed by atoms with Gasteiger partial charge >= 0.3 is 0 Å². The van der Waals surface area contributed by atoms with Crippen LogP contribution in [-0.2, 0) is 13.2 Å². The normalized spacial score (nSPS) is 16.6. The molecular weight excluding hydrogens is 198 g/mol. The van der Waals surface area contributed by atoms with Crippen LogP contribution in [0, 0.1) is 5.92 Å². The second-order valence-electron chi connectivity index (χ2n) is 4.82. The highest BCUT2D eigenvalue weighted by molar-refractivity contribution is 5.80. The molecule has 1 heterocycles. The van der Waals surface area contributed by atoms with Crippen molar-refractivity contribution < 1.29 is 5.11 Å². The van der Waals surface area contributed by atoms with Crippen molar-refractivity contribution in [1.82, 2.24) is 4.57 Å². The molecular formula is C14H17NO.